The van der Waals surface area contributed by atoms with Crippen molar-refractivity contribution in [3.8, 4) is 0 Å². The van der Waals surface area contributed by atoms with E-state index in [0.717, 1.165) is 11.1 Å². The van der Waals surface area contributed by atoms with E-state index in [1.807, 2.05) is 38.1 Å². The van der Waals surface area contributed by atoms with Gasteiger partial charge >= 0.3 is 0 Å². The molecule has 1 aliphatic rings. The minimum atomic E-state index is -0.666. The van der Waals surface area contributed by atoms with Gasteiger partial charge in [-0.3, -0.25) is 4.79 Å². The van der Waals surface area contributed by atoms with Gasteiger partial charge in [-0.05, 0) is 19.4 Å². The van der Waals surface area contributed by atoms with Crippen molar-refractivity contribution in [3.63, 3.8) is 0 Å². The van der Waals surface area contributed by atoms with Crippen molar-refractivity contribution in [2.75, 3.05) is 19.7 Å². The van der Waals surface area contributed by atoms with E-state index < -0.39 is 6.04 Å². The zero-order valence-corrected chi connectivity index (χ0v) is 12.0. The molecule has 0 aromatic heterocycles. The molecule has 110 valence electrons. The maximum absolute atomic E-state index is 12.5. The number of aliphatic hydroxyl groups is 1. The molecule has 1 aromatic carbocycles. The largest absolute Gasteiger partial charge is 0.394 e. The number of hydrogen-bond donors (Lipinski definition) is 2. The Labute approximate surface area is 119 Å². The summed E-state index contributed by atoms with van der Waals surface area (Å²) in [4.78, 5) is 14.1. The maximum atomic E-state index is 12.5. The van der Waals surface area contributed by atoms with Crippen LogP contribution in [-0.2, 0) is 9.53 Å². The number of aliphatic hydroxyl groups excluding tert-OH is 1. The van der Waals surface area contributed by atoms with Gasteiger partial charge in [-0.15, -0.1) is 0 Å². The molecule has 3 unspecified atom stereocenters. The molecule has 5 heteroatoms. The number of carbonyl (C=O) groups is 1. The van der Waals surface area contributed by atoms with Crippen molar-refractivity contribution in [3.05, 3.63) is 35.4 Å². The molecule has 5 nitrogen and oxygen atoms in total. The summed E-state index contributed by atoms with van der Waals surface area (Å²) in [7, 11) is 0. The van der Waals surface area contributed by atoms with Crippen LogP contribution in [0, 0.1) is 6.92 Å². The summed E-state index contributed by atoms with van der Waals surface area (Å²) in [6.07, 6.45) is -0.414. The number of nitrogens with two attached hydrogens (primary N) is 1. The zero-order chi connectivity index (χ0) is 14.7. The summed E-state index contributed by atoms with van der Waals surface area (Å²) < 4.78 is 5.53. The first-order valence-corrected chi connectivity index (χ1v) is 6.88. The highest BCUT2D eigenvalue weighted by Crippen LogP contribution is 2.18. The molecule has 0 radical (unpaired) electrons. The first kappa shape index (κ1) is 15.0. The van der Waals surface area contributed by atoms with Crippen LogP contribution in [-0.4, -0.2) is 47.8 Å². The van der Waals surface area contributed by atoms with Gasteiger partial charge in [-0.1, -0.05) is 29.8 Å². The topological polar surface area (TPSA) is 75.8 Å². The normalized spacial score (nSPS) is 24.5. The van der Waals surface area contributed by atoms with Crippen LogP contribution in [0.1, 0.15) is 24.1 Å². The molecule has 1 saturated heterocycles. The maximum Gasteiger partial charge on any atom is 0.244 e. The Bertz CT molecular complexity index is 461. The summed E-state index contributed by atoms with van der Waals surface area (Å²) in [6.45, 7) is 4.69. The molecular formula is C15H22N2O3. The second kappa shape index (κ2) is 6.35. The Morgan fingerprint density at radius 2 is 2.10 bits per heavy atom. The molecule has 0 bridgehead atoms. The van der Waals surface area contributed by atoms with E-state index >= 15 is 0 Å². The quantitative estimate of drug-likeness (QED) is 0.849. The third-order valence-electron chi connectivity index (χ3n) is 3.54. The van der Waals surface area contributed by atoms with E-state index in [2.05, 4.69) is 0 Å². The van der Waals surface area contributed by atoms with Gasteiger partial charge in [0.2, 0.25) is 5.91 Å². The standard InChI is InChI=1S/C15H22N2O3/c1-10-3-5-12(6-4-10)14(16)15(19)17-7-11(2)20-13(8-17)9-18/h3-6,11,13-14,18H,7-9,16H2,1-2H3. The Morgan fingerprint density at radius 3 is 2.70 bits per heavy atom. The van der Waals surface area contributed by atoms with Gasteiger partial charge in [0.25, 0.3) is 0 Å². The number of ether oxygens (including phenoxy) is 1. The smallest absolute Gasteiger partial charge is 0.244 e. The fourth-order valence-corrected chi connectivity index (χ4v) is 2.44. The van der Waals surface area contributed by atoms with Crippen LogP contribution < -0.4 is 5.73 Å². The molecule has 0 aliphatic carbocycles. The van der Waals surface area contributed by atoms with Crippen LogP contribution in [0.5, 0.6) is 0 Å². The lowest BCUT2D eigenvalue weighted by Crippen LogP contribution is -2.52. The summed E-state index contributed by atoms with van der Waals surface area (Å²) in [5.74, 6) is -0.123. The molecule has 0 saturated carbocycles. The zero-order valence-electron chi connectivity index (χ0n) is 12.0. The molecule has 0 spiro atoms. The summed E-state index contributed by atoms with van der Waals surface area (Å²) >= 11 is 0. The number of benzene rings is 1. The van der Waals surface area contributed by atoms with Crippen LogP contribution in [0.2, 0.25) is 0 Å². The minimum absolute atomic E-state index is 0.0879. The molecule has 1 heterocycles. The van der Waals surface area contributed by atoms with Gasteiger partial charge in [-0.2, -0.15) is 0 Å². The van der Waals surface area contributed by atoms with Crippen molar-refractivity contribution in [2.45, 2.75) is 32.1 Å². The van der Waals surface area contributed by atoms with E-state index in [1.165, 1.54) is 0 Å². The molecule has 1 aromatic rings. The third kappa shape index (κ3) is 3.36. The first-order valence-electron chi connectivity index (χ1n) is 6.88. The molecule has 2 rings (SSSR count). The Hall–Kier alpha value is -1.43. The number of morpholine rings is 1. The Balaban J connectivity index is 2.07. The highest BCUT2D eigenvalue weighted by Gasteiger charge is 2.31. The van der Waals surface area contributed by atoms with E-state index in [1.54, 1.807) is 4.90 Å². The Morgan fingerprint density at radius 1 is 1.45 bits per heavy atom. The van der Waals surface area contributed by atoms with E-state index in [-0.39, 0.29) is 24.7 Å². The predicted octanol–water partition coefficient (Wildman–Crippen LogP) is 0.603. The van der Waals surface area contributed by atoms with Gasteiger partial charge in [0.1, 0.15) is 6.04 Å². The number of carbonyl (C=O) groups excluding carboxylic acids is 1. The SMILES string of the molecule is Cc1ccc(C(N)C(=O)N2CC(C)OC(CO)C2)cc1. The third-order valence-corrected chi connectivity index (χ3v) is 3.54. The fraction of sp³-hybridized carbons (Fsp3) is 0.533. The van der Waals surface area contributed by atoms with Crippen LogP contribution in [0.4, 0.5) is 0 Å². The van der Waals surface area contributed by atoms with Gasteiger partial charge in [0.05, 0.1) is 18.8 Å². The molecule has 20 heavy (non-hydrogen) atoms. The van der Waals surface area contributed by atoms with E-state index in [4.69, 9.17) is 10.5 Å². The van der Waals surface area contributed by atoms with Crippen molar-refractivity contribution in [1.29, 1.82) is 0 Å². The average molecular weight is 278 g/mol. The molecular weight excluding hydrogens is 256 g/mol. The second-order valence-corrected chi connectivity index (χ2v) is 5.38. The van der Waals surface area contributed by atoms with Crippen LogP contribution in [0.25, 0.3) is 0 Å². The summed E-state index contributed by atoms with van der Waals surface area (Å²) in [6, 6.07) is 6.98. The molecule has 1 aliphatic heterocycles. The van der Waals surface area contributed by atoms with Crippen molar-refractivity contribution >= 4 is 5.91 Å². The fourth-order valence-electron chi connectivity index (χ4n) is 2.44. The van der Waals surface area contributed by atoms with Crippen LogP contribution in [0.3, 0.4) is 0 Å². The number of hydrogen-bond acceptors (Lipinski definition) is 4. The first-order chi connectivity index (χ1) is 9.51. The molecule has 3 N–H and O–H groups in total. The van der Waals surface area contributed by atoms with Crippen LogP contribution >= 0.6 is 0 Å². The van der Waals surface area contributed by atoms with Crippen molar-refractivity contribution in [1.82, 2.24) is 4.90 Å². The molecule has 1 amide bonds. The lowest BCUT2D eigenvalue weighted by Gasteiger charge is -2.37. The predicted molar refractivity (Wildman–Crippen MR) is 76.1 cm³/mol. The van der Waals surface area contributed by atoms with Gasteiger partial charge in [0.15, 0.2) is 0 Å². The highest BCUT2D eigenvalue weighted by atomic mass is 16.5. The van der Waals surface area contributed by atoms with Crippen LogP contribution in [0.15, 0.2) is 24.3 Å². The number of aryl methyl sites for hydroxylation is 1. The van der Waals surface area contributed by atoms with E-state index in [0.29, 0.717) is 13.1 Å². The lowest BCUT2D eigenvalue weighted by atomic mass is 10.0. The lowest BCUT2D eigenvalue weighted by molar-refractivity contribution is -0.148. The van der Waals surface area contributed by atoms with E-state index in [9.17, 15) is 9.90 Å². The van der Waals surface area contributed by atoms with Gasteiger partial charge in [0, 0.05) is 13.1 Å². The number of rotatable bonds is 3. The minimum Gasteiger partial charge on any atom is -0.394 e. The van der Waals surface area contributed by atoms with Crippen molar-refractivity contribution < 1.29 is 14.6 Å². The van der Waals surface area contributed by atoms with Gasteiger partial charge in [-0.25, -0.2) is 0 Å². The Kier molecular flexibility index (Phi) is 4.75. The van der Waals surface area contributed by atoms with Gasteiger partial charge < -0.3 is 20.5 Å². The van der Waals surface area contributed by atoms with Crippen molar-refractivity contribution in [2.24, 2.45) is 5.73 Å². The second-order valence-electron chi connectivity index (χ2n) is 5.38. The molecule has 1 fully saturated rings. The number of nitrogens with zero attached hydrogens (tertiary/aromatic N) is 1. The summed E-state index contributed by atoms with van der Waals surface area (Å²) in [5.41, 5.74) is 8.00. The highest BCUT2D eigenvalue weighted by molar-refractivity contribution is 5.83. The summed E-state index contributed by atoms with van der Waals surface area (Å²) in [5, 5.41) is 9.20. The molecule has 3 atom stereocenters. The number of amides is 1. The monoisotopic (exact) mass is 278 g/mol. The average Bonchev–Trinajstić information content (AvgIpc) is 2.45.